The Hall–Kier alpha value is -1.58. The Labute approximate surface area is 131 Å². The zero-order valence-electron chi connectivity index (χ0n) is 13.0. The van der Waals surface area contributed by atoms with Crippen molar-refractivity contribution in [3.63, 3.8) is 0 Å². The molecule has 1 aliphatic heterocycles. The van der Waals surface area contributed by atoms with Gasteiger partial charge < -0.3 is 10.0 Å². The molecule has 3 rings (SSSR count). The zero-order chi connectivity index (χ0) is 15.5. The van der Waals surface area contributed by atoms with Crippen LogP contribution in [0.3, 0.4) is 0 Å². The van der Waals surface area contributed by atoms with E-state index in [1.54, 1.807) is 0 Å². The second-order valence-corrected chi connectivity index (χ2v) is 6.90. The van der Waals surface area contributed by atoms with Crippen LogP contribution in [0, 0.1) is 11.8 Å². The van der Waals surface area contributed by atoms with E-state index in [0.29, 0.717) is 25.3 Å². The summed E-state index contributed by atoms with van der Waals surface area (Å²) in [5.74, 6) is -0.136. The molecule has 2 aliphatic carbocycles. The van der Waals surface area contributed by atoms with Gasteiger partial charge in [-0.05, 0) is 17.9 Å². The van der Waals surface area contributed by atoms with Gasteiger partial charge in [0.25, 0.3) is 0 Å². The first-order chi connectivity index (χ1) is 10.6. The Bertz CT molecular complexity index is 500. The van der Waals surface area contributed by atoms with E-state index in [4.69, 9.17) is 0 Å². The number of rotatable bonds is 4. The molecular weight excluding hydrogens is 278 g/mol. The van der Waals surface area contributed by atoms with E-state index in [2.05, 4.69) is 0 Å². The summed E-state index contributed by atoms with van der Waals surface area (Å²) in [7, 11) is 0. The van der Waals surface area contributed by atoms with E-state index in [1.807, 2.05) is 23.3 Å². The summed E-state index contributed by atoms with van der Waals surface area (Å²) in [5, 5.41) is 9.66. The number of allylic oxidation sites excluding steroid dienone is 2. The molecule has 1 saturated carbocycles. The number of carbonyl (C=O) groups is 2. The van der Waals surface area contributed by atoms with Crippen molar-refractivity contribution in [3.8, 4) is 0 Å². The van der Waals surface area contributed by atoms with Crippen molar-refractivity contribution in [1.29, 1.82) is 0 Å². The third-order valence-electron chi connectivity index (χ3n) is 5.35. The number of aliphatic carboxylic acids is 1. The van der Waals surface area contributed by atoms with Crippen molar-refractivity contribution in [2.24, 2.45) is 11.8 Å². The van der Waals surface area contributed by atoms with Crippen LogP contribution >= 0.6 is 0 Å². The van der Waals surface area contributed by atoms with Crippen LogP contribution in [-0.2, 0) is 9.59 Å². The van der Waals surface area contributed by atoms with Crippen LogP contribution in [0.5, 0.6) is 0 Å². The second kappa shape index (κ2) is 6.67. The summed E-state index contributed by atoms with van der Waals surface area (Å²) in [6.07, 6.45) is 14.3. The number of carboxylic acid groups (broad SMARTS) is 1. The van der Waals surface area contributed by atoms with Gasteiger partial charge in [-0.3, -0.25) is 4.79 Å². The number of carboxylic acids is 1. The van der Waals surface area contributed by atoms with Gasteiger partial charge in [0.15, 0.2) is 0 Å². The first-order valence-electron chi connectivity index (χ1n) is 8.54. The van der Waals surface area contributed by atoms with E-state index in [0.717, 1.165) is 18.4 Å². The molecule has 0 aromatic carbocycles. The van der Waals surface area contributed by atoms with Crippen LogP contribution in [0.25, 0.3) is 0 Å². The highest BCUT2D eigenvalue weighted by Gasteiger charge is 2.36. The van der Waals surface area contributed by atoms with Crippen molar-refractivity contribution in [1.82, 2.24) is 4.90 Å². The average Bonchev–Trinajstić information content (AvgIpc) is 2.75. The first kappa shape index (κ1) is 15.3. The smallest absolute Gasteiger partial charge is 0.326 e. The highest BCUT2D eigenvalue weighted by molar-refractivity contribution is 5.88. The molecule has 0 bridgehead atoms. The van der Waals surface area contributed by atoms with Gasteiger partial charge in [0.2, 0.25) is 0 Å². The largest absolute Gasteiger partial charge is 0.480 e. The van der Waals surface area contributed by atoms with Crippen LogP contribution in [0.4, 0.5) is 0 Å². The number of nitrogens with zero attached hydrogens (tertiary/aromatic N) is 1. The van der Waals surface area contributed by atoms with Gasteiger partial charge >= 0.3 is 5.97 Å². The highest BCUT2D eigenvalue weighted by atomic mass is 16.4. The SMILES string of the molecule is O=C1CC=CC2=CN(C(CC3CCCCCC3)C(=O)O)CC12. The van der Waals surface area contributed by atoms with Crippen LogP contribution in [0.15, 0.2) is 23.9 Å². The lowest BCUT2D eigenvalue weighted by molar-refractivity contribution is -0.143. The molecule has 0 spiro atoms. The monoisotopic (exact) mass is 303 g/mol. The molecular formula is C18H25NO3. The van der Waals surface area contributed by atoms with Crippen LogP contribution in [0.1, 0.15) is 51.4 Å². The maximum Gasteiger partial charge on any atom is 0.326 e. The van der Waals surface area contributed by atoms with E-state index >= 15 is 0 Å². The fraction of sp³-hybridized carbons (Fsp3) is 0.667. The predicted molar refractivity (Wildman–Crippen MR) is 84.3 cm³/mol. The van der Waals surface area contributed by atoms with Crippen molar-refractivity contribution in [2.75, 3.05) is 6.54 Å². The topological polar surface area (TPSA) is 57.6 Å². The fourth-order valence-corrected chi connectivity index (χ4v) is 4.06. The third-order valence-corrected chi connectivity index (χ3v) is 5.35. The van der Waals surface area contributed by atoms with Gasteiger partial charge in [-0.15, -0.1) is 0 Å². The minimum atomic E-state index is -0.754. The van der Waals surface area contributed by atoms with Gasteiger partial charge in [-0.25, -0.2) is 4.79 Å². The molecule has 3 aliphatic rings. The molecule has 0 aromatic rings. The predicted octanol–water partition coefficient (Wildman–Crippen LogP) is 3.14. The van der Waals surface area contributed by atoms with E-state index in [-0.39, 0.29) is 11.7 Å². The quantitative estimate of drug-likeness (QED) is 0.811. The molecule has 1 N–H and O–H groups in total. The highest BCUT2D eigenvalue weighted by Crippen LogP contribution is 2.33. The minimum absolute atomic E-state index is 0.110. The molecule has 0 amide bonds. The van der Waals surface area contributed by atoms with Crippen LogP contribution in [-0.4, -0.2) is 34.3 Å². The third kappa shape index (κ3) is 3.26. The van der Waals surface area contributed by atoms with Crippen LogP contribution < -0.4 is 0 Å². The molecule has 22 heavy (non-hydrogen) atoms. The Morgan fingerprint density at radius 1 is 1.27 bits per heavy atom. The first-order valence-corrected chi connectivity index (χ1v) is 8.54. The zero-order valence-corrected chi connectivity index (χ0v) is 13.0. The molecule has 2 unspecified atom stereocenters. The number of hydrogen-bond donors (Lipinski definition) is 1. The maximum atomic E-state index is 12.0. The normalized spacial score (nSPS) is 27.3. The van der Waals surface area contributed by atoms with Gasteiger partial charge in [0, 0.05) is 19.2 Å². The van der Waals surface area contributed by atoms with Gasteiger partial charge in [0.1, 0.15) is 11.8 Å². The fourth-order valence-electron chi connectivity index (χ4n) is 4.06. The Morgan fingerprint density at radius 2 is 2.00 bits per heavy atom. The summed E-state index contributed by atoms with van der Waals surface area (Å²) in [6.45, 7) is 0.544. The van der Waals surface area contributed by atoms with Crippen molar-refractivity contribution >= 4 is 11.8 Å². The lowest BCUT2D eigenvalue weighted by atomic mass is 9.90. The van der Waals surface area contributed by atoms with E-state index in [9.17, 15) is 14.7 Å². The van der Waals surface area contributed by atoms with E-state index in [1.165, 1.54) is 25.7 Å². The Balaban J connectivity index is 1.69. The minimum Gasteiger partial charge on any atom is -0.480 e. The maximum absolute atomic E-state index is 12.0. The van der Waals surface area contributed by atoms with Crippen molar-refractivity contribution < 1.29 is 14.7 Å². The standard InChI is InChI=1S/C18H25NO3/c20-17-9-5-8-14-11-19(12-15(14)17)16(18(21)22)10-13-6-3-1-2-4-7-13/h5,8,11,13,15-16H,1-4,6-7,9-10,12H2,(H,21,22). The Morgan fingerprint density at radius 3 is 2.64 bits per heavy atom. The summed E-state index contributed by atoms with van der Waals surface area (Å²) >= 11 is 0. The Kier molecular flexibility index (Phi) is 4.65. The summed E-state index contributed by atoms with van der Waals surface area (Å²) in [4.78, 5) is 25.6. The molecule has 0 saturated heterocycles. The van der Waals surface area contributed by atoms with Gasteiger partial charge in [0.05, 0.1) is 5.92 Å². The lowest BCUT2D eigenvalue weighted by Crippen LogP contribution is -2.40. The lowest BCUT2D eigenvalue weighted by Gasteiger charge is -2.28. The number of fused-ring (bicyclic) bond motifs is 1. The summed E-state index contributed by atoms with van der Waals surface area (Å²) in [5.41, 5.74) is 0.989. The molecule has 0 aromatic heterocycles. The van der Waals surface area contributed by atoms with Gasteiger partial charge in [-0.1, -0.05) is 50.7 Å². The molecule has 1 fully saturated rings. The van der Waals surface area contributed by atoms with Crippen molar-refractivity contribution in [2.45, 2.75) is 57.4 Å². The molecule has 2 atom stereocenters. The number of Topliss-reactive ketones (excluding diaryl/α,β-unsaturated/α-hetero) is 1. The summed E-state index contributed by atoms with van der Waals surface area (Å²) in [6, 6.07) is -0.484. The molecule has 1 heterocycles. The summed E-state index contributed by atoms with van der Waals surface area (Å²) < 4.78 is 0. The van der Waals surface area contributed by atoms with E-state index < -0.39 is 12.0 Å². The molecule has 120 valence electrons. The van der Waals surface area contributed by atoms with Crippen LogP contribution in [0.2, 0.25) is 0 Å². The number of ketones is 1. The molecule has 4 nitrogen and oxygen atoms in total. The number of carbonyl (C=O) groups excluding carboxylic acids is 1. The average molecular weight is 303 g/mol. The number of hydrogen-bond acceptors (Lipinski definition) is 3. The molecule has 0 radical (unpaired) electrons. The van der Waals surface area contributed by atoms with Crippen molar-refractivity contribution in [3.05, 3.63) is 23.9 Å². The van der Waals surface area contributed by atoms with Gasteiger partial charge in [-0.2, -0.15) is 0 Å². The second-order valence-electron chi connectivity index (χ2n) is 6.90. The molecule has 4 heteroatoms.